The molecule has 0 saturated heterocycles. The Morgan fingerprint density at radius 2 is 1.77 bits per heavy atom. The fourth-order valence-electron chi connectivity index (χ4n) is 3.94. The Morgan fingerprint density at radius 3 is 2.58 bits per heavy atom. The molecule has 5 rings (SSSR count). The second-order valence-corrected chi connectivity index (χ2v) is 6.71. The number of aromatic nitrogens is 3. The molecule has 0 unspecified atom stereocenters. The van der Waals surface area contributed by atoms with Crippen LogP contribution in [0.2, 0.25) is 0 Å². The molecule has 2 aromatic carbocycles. The summed E-state index contributed by atoms with van der Waals surface area (Å²) < 4.78 is 2.16. The highest BCUT2D eigenvalue weighted by Crippen LogP contribution is 2.33. The normalized spacial score (nSPS) is 11.6. The van der Waals surface area contributed by atoms with Gasteiger partial charge in [0.15, 0.2) is 5.43 Å². The molecule has 3 aromatic heterocycles. The van der Waals surface area contributed by atoms with E-state index in [9.17, 15) is 4.79 Å². The molecule has 126 valence electrons. The molecule has 0 aliphatic carbocycles. The van der Waals surface area contributed by atoms with E-state index in [1.54, 1.807) is 12.1 Å². The molecule has 3 heterocycles. The molecule has 0 saturated carbocycles. The van der Waals surface area contributed by atoms with Crippen LogP contribution in [0, 0.1) is 13.8 Å². The molecular weight excluding hydrogens is 322 g/mol. The first-order chi connectivity index (χ1) is 12.6. The van der Waals surface area contributed by atoms with Gasteiger partial charge in [0.2, 0.25) is 0 Å². The molecular formula is C22H17N3O. The number of hydrogen-bond acceptors (Lipinski definition) is 2. The Balaban J connectivity index is 2.07. The van der Waals surface area contributed by atoms with E-state index >= 15 is 0 Å². The van der Waals surface area contributed by atoms with Gasteiger partial charge in [-0.1, -0.05) is 18.2 Å². The predicted molar refractivity (Wildman–Crippen MR) is 106 cm³/mol. The van der Waals surface area contributed by atoms with Gasteiger partial charge < -0.3 is 4.98 Å². The molecule has 26 heavy (non-hydrogen) atoms. The smallest absolute Gasteiger partial charge is 0.179 e. The number of aromatic amines is 1. The number of imidazole rings is 1. The topological polar surface area (TPSA) is 50.2 Å². The summed E-state index contributed by atoms with van der Waals surface area (Å²) in [6.45, 7) is 4.24. The van der Waals surface area contributed by atoms with E-state index < -0.39 is 0 Å². The maximum absolute atomic E-state index is 12.0. The second kappa shape index (κ2) is 5.30. The van der Waals surface area contributed by atoms with Crippen LogP contribution < -0.4 is 5.43 Å². The van der Waals surface area contributed by atoms with Gasteiger partial charge >= 0.3 is 0 Å². The van der Waals surface area contributed by atoms with Gasteiger partial charge in [0, 0.05) is 22.5 Å². The number of fused-ring (bicyclic) bond motifs is 6. The van der Waals surface area contributed by atoms with Gasteiger partial charge in [-0.3, -0.25) is 9.20 Å². The highest BCUT2D eigenvalue weighted by Gasteiger charge is 2.16. The summed E-state index contributed by atoms with van der Waals surface area (Å²) >= 11 is 0. The maximum Gasteiger partial charge on any atom is 0.179 e. The largest absolute Gasteiger partial charge is 0.359 e. The van der Waals surface area contributed by atoms with Crippen molar-refractivity contribution < 1.29 is 0 Å². The molecule has 0 atom stereocenters. The summed E-state index contributed by atoms with van der Waals surface area (Å²) in [7, 11) is 0. The van der Waals surface area contributed by atoms with Crippen molar-refractivity contribution in [3.63, 3.8) is 0 Å². The van der Waals surface area contributed by atoms with Crippen molar-refractivity contribution in [1.82, 2.24) is 14.4 Å². The van der Waals surface area contributed by atoms with Crippen molar-refractivity contribution in [2.75, 3.05) is 0 Å². The quantitative estimate of drug-likeness (QED) is 0.453. The number of aryl methyl sites for hydroxylation is 2. The Hall–Kier alpha value is -3.40. The Bertz CT molecular complexity index is 1360. The minimum atomic E-state index is -0.00805. The van der Waals surface area contributed by atoms with Gasteiger partial charge in [0.1, 0.15) is 5.65 Å². The van der Waals surface area contributed by atoms with Gasteiger partial charge in [0.05, 0.1) is 22.9 Å². The zero-order valence-corrected chi connectivity index (χ0v) is 14.6. The van der Waals surface area contributed by atoms with E-state index in [4.69, 9.17) is 4.98 Å². The number of nitrogens with one attached hydrogen (secondary N) is 1. The summed E-state index contributed by atoms with van der Waals surface area (Å²) in [5.74, 6) is 0. The molecule has 4 nitrogen and oxygen atoms in total. The Labute approximate surface area is 149 Å². The fraction of sp³-hybridized carbons (Fsp3) is 0.0909. The van der Waals surface area contributed by atoms with Crippen LogP contribution in [0.15, 0.2) is 65.7 Å². The van der Waals surface area contributed by atoms with E-state index in [2.05, 4.69) is 47.5 Å². The number of H-pyrrole nitrogens is 1. The van der Waals surface area contributed by atoms with Crippen LogP contribution in [0.1, 0.15) is 11.1 Å². The van der Waals surface area contributed by atoms with Gasteiger partial charge in [-0.2, -0.15) is 0 Å². The number of pyridine rings is 2. The zero-order valence-electron chi connectivity index (χ0n) is 14.6. The SMILES string of the molecule is Cc1cccc(C)c1-c1cnc2c3cc(=O)ccc3c3[nH]cccc3n12. The lowest BCUT2D eigenvalue weighted by molar-refractivity contribution is 1.23. The average Bonchev–Trinajstić information content (AvgIpc) is 3.07. The lowest BCUT2D eigenvalue weighted by Gasteiger charge is -2.13. The fourth-order valence-corrected chi connectivity index (χ4v) is 3.94. The Kier molecular flexibility index (Phi) is 3.04. The second-order valence-electron chi connectivity index (χ2n) is 6.71. The van der Waals surface area contributed by atoms with E-state index in [0.29, 0.717) is 0 Å². The van der Waals surface area contributed by atoms with Crippen molar-refractivity contribution in [2.24, 2.45) is 0 Å². The third-order valence-electron chi connectivity index (χ3n) is 5.08. The lowest BCUT2D eigenvalue weighted by atomic mass is 10.0. The third kappa shape index (κ3) is 1.96. The molecule has 0 aliphatic heterocycles. The van der Waals surface area contributed by atoms with E-state index in [0.717, 1.165) is 33.1 Å². The van der Waals surface area contributed by atoms with Gasteiger partial charge in [-0.15, -0.1) is 0 Å². The van der Waals surface area contributed by atoms with E-state index in [1.807, 2.05) is 24.5 Å². The van der Waals surface area contributed by atoms with Gasteiger partial charge in [-0.25, -0.2) is 4.98 Å². The predicted octanol–water partition coefficient (Wildman–Crippen LogP) is 4.61. The van der Waals surface area contributed by atoms with Crippen molar-refractivity contribution in [3.8, 4) is 11.3 Å². The molecule has 0 amide bonds. The monoisotopic (exact) mass is 339 g/mol. The minimum absolute atomic E-state index is 0.00805. The van der Waals surface area contributed by atoms with Gasteiger partial charge in [0.25, 0.3) is 0 Å². The molecule has 0 radical (unpaired) electrons. The highest BCUT2D eigenvalue weighted by molar-refractivity contribution is 6.10. The molecule has 0 aliphatic rings. The van der Waals surface area contributed by atoms with Crippen molar-refractivity contribution in [2.45, 2.75) is 13.8 Å². The van der Waals surface area contributed by atoms with E-state index in [1.165, 1.54) is 16.7 Å². The first-order valence-corrected chi connectivity index (χ1v) is 8.62. The molecule has 0 fully saturated rings. The van der Waals surface area contributed by atoms with Crippen LogP contribution >= 0.6 is 0 Å². The van der Waals surface area contributed by atoms with Crippen LogP contribution in [-0.2, 0) is 0 Å². The number of nitrogens with zero attached hydrogens (tertiary/aromatic N) is 2. The van der Waals surface area contributed by atoms with Gasteiger partial charge in [-0.05, 0) is 55.3 Å². The lowest BCUT2D eigenvalue weighted by Crippen LogP contribution is -2.00. The molecule has 0 spiro atoms. The number of benzene rings is 2. The Morgan fingerprint density at radius 1 is 0.962 bits per heavy atom. The van der Waals surface area contributed by atoms with E-state index in [-0.39, 0.29) is 5.43 Å². The molecule has 5 aromatic rings. The van der Waals surface area contributed by atoms with Crippen LogP contribution in [0.25, 0.3) is 38.7 Å². The first kappa shape index (κ1) is 14.9. The summed E-state index contributed by atoms with van der Waals surface area (Å²) in [6, 6.07) is 15.5. The summed E-state index contributed by atoms with van der Waals surface area (Å²) in [6.07, 6.45) is 3.82. The van der Waals surface area contributed by atoms with Crippen molar-refractivity contribution in [1.29, 1.82) is 0 Å². The minimum Gasteiger partial charge on any atom is -0.359 e. The van der Waals surface area contributed by atoms with Crippen molar-refractivity contribution >= 4 is 27.5 Å². The molecule has 0 bridgehead atoms. The number of hydrogen-bond donors (Lipinski definition) is 1. The number of rotatable bonds is 1. The van der Waals surface area contributed by atoms with Crippen molar-refractivity contribution in [3.05, 3.63) is 82.3 Å². The molecule has 1 N–H and O–H groups in total. The summed E-state index contributed by atoms with van der Waals surface area (Å²) in [5.41, 5.74) is 7.48. The zero-order chi connectivity index (χ0) is 17.8. The maximum atomic E-state index is 12.0. The standard InChI is InChI=1S/C22H17N3O/c1-13-5-3-6-14(2)20(13)19-12-24-22-17-11-15(26)8-9-16(17)21-18(25(19)22)7-4-10-23-21/h3-12,23H,1-2H3. The van der Waals surface area contributed by atoms with Crippen LogP contribution in [0.5, 0.6) is 0 Å². The average molecular weight is 339 g/mol. The first-order valence-electron chi connectivity index (χ1n) is 8.62. The summed E-state index contributed by atoms with van der Waals surface area (Å²) in [4.78, 5) is 20.1. The highest BCUT2D eigenvalue weighted by atomic mass is 16.1. The van der Waals surface area contributed by atoms with Crippen LogP contribution in [0.4, 0.5) is 0 Å². The molecule has 4 heteroatoms. The summed E-state index contributed by atoms with van der Waals surface area (Å²) in [5, 5.41) is 1.87. The van der Waals surface area contributed by atoms with Crippen LogP contribution in [0.3, 0.4) is 0 Å². The third-order valence-corrected chi connectivity index (χ3v) is 5.08. The van der Waals surface area contributed by atoms with Crippen LogP contribution in [-0.4, -0.2) is 14.4 Å².